The summed E-state index contributed by atoms with van der Waals surface area (Å²) in [5.74, 6) is -0.471. The predicted octanol–water partition coefficient (Wildman–Crippen LogP) is 2.42. The van der Waals surface area contributed by atoms with E-state index in [9.17, 15) is 19.5 Å². The normalized spacial score (nSPS) is 16.4. The van der Waals surface area contributed by atoms with Crippen molar-refractivity contribution in [1.29, 1.82) is 0 Å². The Morgan fingerprint density at radius 2 is 1.97 bits per heavy atom. The summed E-state index contributed by atoms with van der Waals surface area (Å²) in [6.45, 7) is 2.12. The molecule has 0 aliphatic carbocycles. The van der Waals surface area contributed by atoms with Gasteiger partial charge in [-0.15, -0.1) is 0 Å². The molecule has 148 valence electrons. The van der Waals surface area contributed by atoms with Crippen molar-refractivity contribution in [1.82, 2.24) is 20.0 Å². The van der Waals surface area contributed by atoms with E-state index in [1.165, 1.54) is 11.6 Å². The first-order chi connectivity index (χ1) is 13.9. The lowest BCUT2D eigenvalue weighted by atomic mass is 10.00. The maximum absolute atomic E-state index is 13.1. The highest BCUT2D eigenvalue weighted by atomic mass is 16.4. The molecule has 2 aromatic carbocycles. The summed E-state index contributed by atoms with van der Waals surface area (Å²) in [7, 11) is 0. The molecule has 4 rings (SSSR count). The fourth-order valence-corrected chi connectivity index (χ4v) is 3.76. The van der Waals surface area contributed by atoms with Crippen LogP contribution in [-0.4, -0.2) is 43.7 Å². The van der Waals surface area contributed by atoms with Crippen molar-refractivity contribution in [2.75, 3.05) is 0 Å². The Morgan fingerprint density at radius 3 is 2.66 bits per heavy atom. The Morgan fingerprint density at radius 1 is 1.21 bits per heavy atom. The van der Waals surface area contributed by atoms with E-state index >= 15 is 0 Å². The highest BCUT2D eigenvalue weighted by Gasteiger charge is 2.31. The van der Waals surface area contributed by atoms with Crippen LogP contribution >= 0.6 is 0 Å². The van der Waals surface area contributed by atoms with E-state index in [-0.39, 0.29) is 18.2 Å². The lowest BCUT2D eigenvalue weighted by molar-refractivity contribution is -0.134. The van der Waals surface area contributed by atoms with E-state index < -0.39 is 12.1 Å². The number of hydrogen-bond acceptors (Lipinski definition) is 4. The van der Waals surface area contributed by atoms with Crippen LogP contribution in [0.4, 0.5) is 4.79 Å². The summed E-state index contributed by atoms with van der Waals surface area (Å²) >= 11 is 0. The van der Waals surface area contributed by atoms with E-state index in [1.54, 1.807) is 11.1 Å². The Kier molecular flexibility index (Phi) is 4.75. The Labute approximate surface area is 166 Å². The van der Waals surface area contributed by atoms with Crippen LogP contribution in [0.2, 0.25) is 0 Å². The molecule has 0 fully saturated rings. The molecule has 2 amide bonds. The molecule has 8 heteroatoms. The van der Waals surface area contributed by atoms with Crippen LogP contribution in [0.5, 0.6) is 0 Å². The maximum Gasteiger partial charge on any atom is 0.405 e. The second-order valence-corrected chi connectivity index (χ2v) is 7.14. The highest BCUT2D eigenvalue weighted by Crippen LogP contribution is 2.26. The average molecular weight is 392 g/mol. The first kappa shape index (κ1) is 18.7. The highest BCUT2D eigenvalue weighted by molar-refractivity contribution is 5.91. The van der Waals surface area contributed by atoms with Gasteiger partial charge in [0.2, 0.25) is 11.8 Å². The minimum atomic E-state index is -1.24. The molecule has 3 aromatic rings. The fraction of sp³-hybridized carbons (Fsp3) is 0.238. The zero-order chi connectivity index (χ0) is 20.5. The van der Waals surface area contributed by atoms with Crippen molar-refractivity contribution in [3.63, 3.8) is 0 Å². The van der Waals surface area contributed by atoms with Gasteiger partial charge in [-0.3, -0.25) is 9.59 Å². The van der Waals surface area contributed by atoms with Crippen LogP contribution in [0.15, 0.2) is 48.7 Å². The zero-order valence-electron chi connectivity index (χ0n) is 15.8. The number of rotatable bonds is 3. The van der Waals surface area contributed by atoms with Gasteiger partial charge in [-0.1, -0.05) is 30.3 Å². The SMILES string of the molecule is CC(=O)n1ncc2cc3c(cc21)CN(Cc1ccccc1)C(=O)C(NC(=O)O)C3. The standard InChI is InChI=1S/C21H20N4O4/c1-13(26)25-19-9-17-12-24(11-14-5-3-2-4-6-14)20(27)18(23-21(28)29)8-15(17)7-16(19)10-22-25/h2-7,9-10,18,23H,8,11-12H2,1H3,(H,28,29). The Bertz CT molecular complexity index is 1110. The third kappa shape index (κ3) is 3.69. The third-order valence-electron chi connectivity index (χ3n) is 5.10. The van der Waals surface area contributed by atoms with E-state index in [4.69, 9.17) is 0 Å². The molecular weight excluding hydrogens is 372 g/mol. The lowest BCUT2D eigenvalue weighted by Gasteiger charge is -2.24. The van der Waals surface area contributed by atoms with Gasteiger partial charge in [0.15, 0.2) is 0 Å². The first-order valence-electron chi connectivity index (χ1n) is 9.25. The van der Waals surface area contributed by atoms with Gasteiger partial charge in [-0.25, -0.2) is 9.48 Å². The molecular formula is C21H20N4O4. The van der Waals surface area contributed by atoms with Gasteiger partial charge < -0.3 is 15.3 Å². The van der Waals surface area contributed by atoms with E-state index in [2.05, 4.69) is 10.4 Å². The number of fused-ring (bicyclic) bond motifs is 2. The third-order valence-corrected chi connectivity index (χ3v) is 5.10. The second-order valence-electron chi connectivity index (χ2n) is 7.14. The molecule has 0 spiro atoms. The van der Waals surface area contributed by atoms with Crippen molar-refractivity contribution in [3.05, 3.63) is 65.4 Å². The molecule has 29 heavy (non-hydrogen) atoms. The molecule has 2 heterocycles. The number of carboxylic acid groups (broad SMARTS) is 1. The smallest absolute Gasteiger partial charge is 0.405 e. The molecule has 2 N–H and O–H groups in total. The number of nitrogens with zero attached hydrogens (tertiary/aromatic N) is 3. The van der Waals surface area contributed by atoms with Crippen LogP contribution in [0.25, 0.3) is 10.9 Å². The molecule has 1 atom stereocenters. The minimum Gasteiger partial charge on any atom is -0.465 e. The van der Waals surface area contributed by atoms with Gasteiger partial charge >= 0.3 is 6.09 Å². The molecule has 8 nitrogen and oxygen atoms in total. The molecule has 1 aliphatic heterocycles. The van der Waals surface area contributed by atoms with Gasteiger partial charge in [0, 0.05) is 31.8 Å². The summed E-state index contributed by atoms with van der Waals surface area (Å²) < 4.78 is 1.33. The van der Waals surface area contributed by atoms with Crippen molar-refractivity contribution in [2.45, 2.75) is 32.5 Å². The van der Waals surface area contributed by atoms with Gasteiger partial charge in [-0.2, -0.15) is 5.10 Å². The molecule has 0 saturated carbocycles. The molecule has 1 unspecified atom stereocenters. The minimum absolute atomic E-state index is 0.198. The number of carbonyl (C=O) groups is 3. The summed E-state index contributed by atoms with van der Waals surface area (Å²) in [5.41, 5.74) is 3.36. The van der Waals surface area contributed by atoms with Gasteiger partial charge in [0.05, 0.1) is 11.7 Å². The Hall–Kier alpha value is -3.68. The molecule has 1 aromatic heterocycles. The zero-order valence-corrected chi connectivity index (χ0v) is 15.8. The lowest BCUT2D eigenvalue weighted by Crippen LogP contribution is -2.47. The van der Waals surface area contributed by atoms with Gasteiger partial charge in [0.1, 0.15) is 6.04 Å². The summed E-state index contributed by atoms with van der Waals surface area (Å²) in [5, 5.41) is 16.5. The number of aromatic nitrogens is 2. The average Bonchev–Trinajstić information content (AvgIpc) is 3.05. The summed E-state index contributed by atoms with van der Waals surface area (Å²) in [6.07, 6.45) is 0.606. The summed E-state index contributed by atoms with van der Waals surface area (Å²) in [4.78, 5) is 37.8. The van der Waals surface area contributed by atoms with E-state index in [0.717, 1.165) is 22.1 Å². The van der Waals surface area contributed by atoms with Crippen LogP contribution < -0.4 is 5.32 Å². The predicted molar refractivity (Wildman–Crippen MR) is 105 cm³/mol. The van der Waals surface area contributed by atoms with Crippen molar-refractivity contribution in [2.24, 2.45) is 0 Å². The number of nitrogens with one attached hydrogen (secondary N) is 1. The van der Waals surface area contributed by atoms with E-state index in [0.29, 0.717) is 18.6 Å². The number of hydrogen-bond donors (Lipinski definition) is 2. The van der Waals surface area contributed by atoms with Crippen LogP contribution in [0, 0.1) is 0 Å². The number of benzene rings is 2. The van der Waals surface area contributed by atoms with Crippen molar-refractivity contribution >= 4 is 28.8 Å². The van der Waals surface area contributed by atoms with Gasteiger partial charge in [0.25, 0.3) is 0 Å². The topological polar surface area (TPSA) is 105 Å². The largest absolute Gasteiger partial charge is 0.465 e. The van der Waals surface area contributed by atoms with Crippen LogP contribution in [0.1, 0.15) is 28.4 Å². The van der Waals surface area contributed by atoms with Crippen molar-refractivity contribution in [3.8, 4) is 0 Å². The second kappa shape index (κ2) is 7.38. The fourth-order valence-electron chi connectivity index (χ4n) is 3.76. The summed E-state index contributed by atoms with van der Waals surface area (Å²) in [6, 6.07) is 12.4. The number of carbonyl (C=O) groups excluding carboxylic acids is 2. The van der Waals surface area contributed by atoms with Crippen molar-refractivity contribution < 1.29 is 19.5 Å². The monoisotopic (exact) mass is 392 g/mol. The Balaban J connectivity index is 1.77. The molecule has 0 radical (unpaired) electrons. The van der Waals surface area contributed by atoms with Crippen LogP contribution in [0.3, 0.4) is 0 Å². The number of amides is 2. The van der Waals surface area contributed by atoms with Crippen LogP contribution in [-0.2, 0) is 24.3 Å². The van der Waals surface area contributed by atoms with E-state index in [1.807, 2.05) is 42.5 Å². The maximum atomic E-state index is 13.1. The first-order valence-corrected chi connectivity index (χ1v) is 9.25. The molecule has 1 aliphatic rings. The van der Waals surface area contributed by atoms with Gasteiger partial charge in [-0.05, 0) is 28.8 Å². The molecule has 0 saturated heterocycles. The molecule has 0 bridgehead atoms. The quantitative estimate of drug-likeness (QED) is 0.712.